The molecule has 1 heterocycles. The Morgan fingerprint density at radius 3 is 2.90 bits per heavy atom. The molecule has 0 radical (unpaired) electrons. The van der Waals surface area contributed by atoms with E-state index >= 15 is 0 Å². The van der Waals surface area contributed by atoms with E-state index in [1.165, 1.54) is 11.8 Å². The quantitative estimate of drug-likeness (QED) is 0.504. The molecule has 110 valence electrons. The Kier molecular flexibility index (Phi) is 5.16. The Bertz CT molecular complexity index is 645. The molecule has 3 N–H and O–H groups in total. The fourth-order valence-corrected chi connectivity index (χ4v) is 2.55. The Balaban J connectivity index is 1.84. The summed E-state index contributed by atoms with van der Waals surface area (Å²) in [4.78, 5) is 20.4. The Labute approximate surface area is 128 Å². The molecule has 1 aromatic heterocycles. The Morgan fingerprint density at radius 1 is 1.33 bits per heavy atom. The highest BCUT2D eigenvalue weighted by molar-refractivity contribution is 7.99. The maximum absolute atomic E-state index is 11.9. The first-order valence-electron chi connectivity index (χ1n) is 6.63. The zero-order chi connectivity index (χ0) is 15.2. The molecule has 0 unspecified atom stereocenters. The highest BCUT2D eigenvalue weighted by Gasteiger charge is 2.07. The lowest BCUT2D eigenvalue weighted by Crippen LogP contribution is -2.13. The summed E-state index contributed by atoms with van der Waals surface area (Å²) in [6.07, 6.45) is 2.12. The van der Waals surface area contributed by atoms with Crippen molar-refractivity contribution in [2.75, 3.05) is 16.8 Å². The second kappa shape index (κ2) is 7.08. The number of hydrogen-bond donors (Lipinski definition) is 2. The first kappa shape index (κ1) is 15.3. The molecule has 0 spiro atoms. The van der Waals surface area contributed by atoms with Gasteiger partial charge in [-0.2, -0.15) is 0 Å². The van der Waals surface area contributed by atoms with E-state index in [-0.39, 0.29) is 5.91 Å². The van der Waals surface area contributed by atoms with Crippen LogP contribution in [0, 0.1) is 13.8 Å². The zero-order valence-corrected chi connectivity index (χ0v) is 12.9. The van der Waals surface area contributed by atoms with Crippen LogP contribution in [0.25, 0.3) is 0 Å². The average molecular weight is 302 g/mol. The summed E-state index contributed by atoms with van der Waals surface area (Å²) < 4.78 is 0. The van der Waals surface area contributed by atoms with E-state index < -0.39 is 0 Å². The number of aromatic nitrogens is 2. The second-order valence-electron chi connectivity index (χ2n) is 4.65. The van der Waals surface area contributed by atoms with Crippen molar-refractivity contribution in [3.05, 3.63) is 41.7 Å². The van der Waals surface area contributed by atoms with Crippen LogP contribution in [0.3, 0.4) is 0 Å². The first-order valence-corrected chi connectivity index (χ1v) is 7.62. The number of nitrogen functional groups attached to an aromatic ring is 1. The van der Waals surface area contributed by atoms with Crippen molar-refractivity contribution >= 4 is 29.0 Å². The molecule has 0 aliphatic carbocycles. The molecule has 0 aliphatic heterocycles. The molecule has 6 heteroatoms. The number of amides is 1. The van der Waals surface area contributed by atoms with E-state index in [1.54, 1.807) is 6.20 Å². The van der Waals surface area contributed by atoms with Crippen molar-refractivity contribution in [3.63, 3.8) is 0 Å². The molecule has 0 saturated carbocycles. The number of anilines is 2. The number of hydrogen-bond acceptors (Lipinski definition) is 5. The maximum Gasteiger partial charge on any atom is 0.225 e. The van der Waals surface area contributed by atoms with Gasteiger partial charge in [0.1, 0.15) is 0 Å². The zero-order valence-electron chi connectivity index (χ0n) is 12.1. The molecule has 1 amide bonds. The molecule has 0 aliphatic rings. The molecule has 21 heavy (non-hydrogen) atoms. The van der Waals surface area contributed by atoms with Crippen molar-refractivity contribution in [2.24, 2.45) is 0 Å². The van der Waals surface area contributed by atoms with Gasteiger partial charge in [0.15, 0.2) is 5.16 Å². The number of carbonyl (C=O) groups is 1. The normalized spacial score (nSPS) is 10.4. The van der Waals surface area contributed by atoms with E-state index in [0.717, 1.165) is 16.9 Å². The van der Waals surface area contributed by atoms with E-state index in [1.807, 2.05) is 38.1 Å². The van der Waals surface area contributed by atoms with Crippen molar-refractivity contribution in [2.45, 2.75) is 25.4 Å². The summed E-state index contributed by atoms with van der Waals surface area (Å²) in [5.41, 5.74) is 9.06. The lowest BCUT2D eigenvalue weighted by Gasteiger charge is -2.09. The van der Waals surface area contributed by atoms with Gasteiger partial charge in [0.05, 0.1) is 0 Å². The van der Waals surface area contributed by atoms with E-state index in [2.05, 4.69) is 15.3 Å². The van der Waals surface area contributed by atoms with Crippen LogP contribution in [0.5, 0.6) is 0 Å². The number of nitrogens with two attached hydrogens (primary N) is 1. The SMILES string of the molecule is Cc1ccnc(SCCC(=O)Nc2cccc(N)c2C)n1. The minimum Gasteiger partial charge on any atom is -0.398 e. The minimum atomic E-state index is -0.0381. The van der Waals surface area contributed by atoms with Crippen molar-refractivity contribution in [3.8, 4) is 0 Å². The van der Waals surface area contributed by atoms with E-state index in [9.17, 15) is 4.79 Å². The molecular formula is C15H18N4OS. The lowest BCUT2D eigenvalue weighted by molar-refractivity contribution is -0.115. The van der Waals surface area contributed by atoms with E-state index in [0.29, 0.717) is 23.0 Å². The fourth-order valence-electron chi connectivity index (χ4n) is 1.73. The predicted octanol–water partition coefficient (Wildman–Crippen LogP) is 2.80. The lowest BCUT2D eigenvalue weighted by atomic mass is 10.1. The number of nitrogens with one attached hydrogen (secondary N) is 1. The van der Waals surface area contributed by atoms with Gasteiger partial charge in [-0.05, 0) is 37.6 Å². The van der Waals surface area contributed by atoms with Gasteiger partial charge >= 0.3 is 0 Å². The van der Waals surface area contributed by atoms with Crippen LogP contribution in [0.2, 0.25) is 0 Å². The number of aryl methyl sites for hydroxylation is 1. The molecule has 2 aromatic rings. The monoisotopic (exact) mass is 302 g/mol. The molecular weight excluding hydrogens is 284 g/mol. The first-order chi connectivity index (χ1) is 10.1. The topological polar surface area (TPSA) is 80.9 Å². The highest BCUT2D eigenvalue weighted by Crippen LogP contribution is 2.21. The summed E-state index contributed by atoms with van der Waals surface area (Å²) in [5, 5.41) is 3.57. The number of rotatable bonds is 5. The van der Waals surface area contributed by atoms with Crippen LogP contribution >= 0.6 is 11.8 Å². The molecule has 0 fully saturated rings. The highest BCUT2D eigenvalue weighted by atomic mass is 32.2. The smallest absolute Gasteiger partial charge is 0.225 e. The number of nitrogens with zero attached hydrogens (tertiary/aromatic N) is 2. The van der Waals surface area contributed by atoms with Gasteiger partial charge < -0.3 is 11.1 Å². The third-order valence-corrected chi connectivity index (χ3v) is 3.85. The van der Waals surface area contributed by atoms with Crippen molar-refractivity contribution in [1.29, 1.82) is 0 Å². The largest absolute Gasteiger partial charge is 0.398 e. The predicted molar refractivity (Wildman–Crippen MR) is 86.3 cm³/mol. The van der Waals surface area contributed by atoms with Gasteiger partial charge in [-0.15, -0.1) is 0 Å². The van der Waals surface area contributed by atoms with Crippen LogP contribution in [-0.4, -0.2) is 21.6 Å². The summed E-state index contributed by atoms with van der Waals surface area (Å²) in [5.74, 6) is 0.597. The van der Waals surface area contributed by atoms with Gasteiger partial charge in [0.25, 0.3) is 0 Å². The summed E-state index contributed by atoms with van der Waals surface area (Å²) in [7, 11) is 0. The molecule has 1 aromatic carbocycles. The fraction of sp³-hybridized carbons (Fsp3) is 0.267. The van der Waals surface area contributed by atoms with Gasteiger partial charge in [-0.1, -0.05) is 17.8 Å². The van der Waals surface area contributed by atoms with Gasteiger partial charge in [-0.3, -0.25) is 4.79 Å². The summed E-state index contributed by atoms with van der Waals surface area (Å²) in [6.45, 7) is 3.81. The van der Waals surface area contributed by atoms with Crippen LogP contribution in [0.15, 0.2) is 35.6 Å². The standard InChI is InChI=1S/C15H18N4OS/c1-10-6-8-17-15(18-10)21-9-7-14(20)19-13-5-3-4-12(16)11(13)2/h3-6,8H,7,9,16H2,1-2H3,(H,19,20). The molecule has 0 saturated heterocycles. The Morgan fingerprint density at radius 2 is 2.14 bits per heavy atom. The summed E-state index contributed by atoms with van der Waals surface area (Å²) in [6, 6.07) is 7.34. The number of benzene rings is 1. The van der Waals surface area contributed by atoms with Crippen LogP contribution in [-0.2, 0) is 4.79 Å². The third-order valence-electron chi connectivity index (χ3n) is 2.98. The number of thioether (sulfide) groups is 1. The van der Waals surface area contributed by atoms with Gasteiger partial charge in [0, 0.05) is 35.4 Å². The number of carbonyl (C=O) groups excluding carboxylic acids is 1. The van der Waals surface area contributed by atoms with Crippen LogP contribution in [0.4, 0.5) is 11.4 Å². The maximum atomic E-state index is 11.9. The molecule has 2 rings (SSSR count). The van der Waals surface area contributed by atoms with Crippen LogP contribution in [0.1, 0.15) is 17.7 Å². The van der Waals surface area contributed by atoms with Gasteiger partial charge in [0.2, 0.25) is 5.91 Å². The van der Waals surface area contributed by atoms with E-state index in [4.69, 9.17) is 5.73 Å². The van der Waals surface area contributed by atoms with Gasteiger partial charge in [-0.25, -0.2) is 9.97 Å². The third kappa shape index (κ3) is 4.46. The molecule has 5 nitrogen and oxygen atoms in total. The van der Waals surface area contributed by atoms with Crippen molar-refractivity contribution in [1.82, 2.24) is 9.97 Å². The second-order valence-corrected chi connectivity index (χ2v) is 5.71. The average Bonchev–Trinajstić information content (AvgIpc) is 2.44. The van der Waals surface area contributed by atoms with Crippen molar-refractivity contribution < 1.29 is 4.79 Å². The van der Waals surface area contributed by atoms with Crippen LogP contribution < -0.4 is 11.1 Å². The summed E-state index contributed by atoms with van der Waals surface area (Å²) >= 11 is 1.47. The molecule has 0 atom stereocenters. The minimum absolute atomic E-state index is 0.0381. The molecule has 0 bridgehead atoms. The Hall–Kier alpha value is -2.08.